The highest BCUT2D eigenvalue weighted by Crippen LogP contribution is 2.21. The van der Waals surface area contributed by atoms with Crippen LogP contribution in [0.4, 0.5) is 0 Å². The zero-order valence-electron chi connectivity index (χ0n) is 12.2. The van der Waals surface area contributed by atoms with Gasteiger partial charge in [0.1, 0.15) is 11.5 Å². The Morgan fingerprint density at radius 1 is 1.42 bits per heavy atom. The van der Waals surface area contributed by atoms with Crippen molar-refractivity contribution in [1.29, 1.82) is 0 Å². The van der Waals surface area contributed by atoms with Crippen molar-refractivity contribution >= 4 is 0 Å². The van der Waals surface area contributed by atoms with E-state index in [-0.39, 0.29) is 6.04 Å². The lowest BCUT2D eigenvalue weighted by molar-refractivity contribution is 0.483. The van der Waals surface area contributed by atoms with Crippen LogP contribution in [-0.4, -0.2) is 9.78 Å². The van der Waals surface area contributed by atoms with Crippen molar-refractivity contribution in [3.63, 3.8) is 0 Å². The fraction of sp³-hybridized carbons (Fsp3) is 0.533. The molecule has 104 valence electrons. The molecule has 0 radical (unpaired) electrons. The Morgan fingerprint density at radius 3 is 2.84 bits per heavy atom. The predicted molar refractivity (Wildman–Crippen MR) is 76.0 cm³/mol. The van der Waals surface area contributed by atoms with Crippen molar-refractivity contribution < 1.29 is 4.42 Å². The van der Waals surface area contributed by atoms with Gasteiger partial charge in [0, 0.05) is 30.9 Å². The molecule has 0 aromatic carbocycles. The van der Waals surface area contributed by atoms with Gasteiger partial charge in [0.25, 0.3) is 0 Å². The standard InChI is InChI=1S/C15H23N3O/c1-5-8-18-14(6-7-17-18)10-16-12(3)15-9-11(2)19-13(15)4/h6-7,9,12,16H,5,8,10H2,1-4H3. The molecule has 1 atom stereocenters. The van der Waals surface area contributed by atoms with Crippen molar-refractivity contribution in [2.45, 2.75) is 53.2 Å². The first-order chi connectivity index (χ1) is 9.11. The van der Waals surface area contributed by atoms with Gasteiger partial charge in [-0.2, -0.15) is 5.10 Å². The quantitative estimate of drug-likeness (QED) is 0.867. The summed E-state index contributed by atoms with van der Waals surface area (Å²) in [5.74, 6) is 1.97. The highest BCUT2D eigenvalue weighted by Gasteiger charge is 2.12. The second-order valence-electron chi connectivity index (χ2n) is 5.02. The van der Waals surface area contributed by atoms with E-state index in [0.29, 0.717) is 0 Å². The van der Waals surface area contributed by atoms with E-state index in [9.17, 15) is 0 Å². The average Bonchev–Trinajstić information content (AvgIpc) is 2.93. The van der Waals surface area contributed by atoms with Gasteiger partial charge >= 0.3 is 0 Å². The van der Waals surface area contributed by atoms with Crippen LogP contribution in [0.25, 0.3) is 0 Å². The molecule has 0 aliphatic heterocycles. The second kappa shape index (κ2) is 6.06. The Hall–Kier alpha value is -1.55. The summed E-state index contributed by atoms with van der Waals surface area (Å²) in [5.41, 5.74) is 2.46. The van der Waals surface area contributed by atoms with Crippen molar-refractivity contribution in [1.82, 2.24) is 15.1 Å². The van der Waals surface area contributed by atoms with Gasteiger partial charge in [-0.1, -0.05) is 6.92 Å². The van der Waals surface area contributed by atoms with Crippen LogP contribution in [0.2, 0.25) is 0 Å². The molecule has 4 heteroatoms. The van der Waals surface area contributed by atoms with E-state index in [1.807, 2.05) is 20.0 Å². The summed E-state index contributed by atoms with van der Waals surface area (Å²) >= 11 is 0. The minimum absolute atomic E-state index is 0.280. The first-order valence-corrected chi connectivity index (χ1v) is 6.92. The molecule has 0 aliphatic carbocycles. The number of nitrogens with one attached hydrogen (secondary N) is 1. The first kappa shape index (κ1) is 13.9. The van der Waals surface area contributed by atoms with Gasteiger partial charge in [-0.25, -0.2) is 0 Å². The van der Waals surface area contributed by atoms with Gasteiger partial charge in [-0.3, -0.25) is 4.68 Å². The first-order valence-electron chi connectivity index (χ1n) is 6.92. The topological polar surface area (TPSA) is 43.0 Å². The summed E-state index contributed by atoms with van der Waals surface area (Å²) in [7, 11) is 0. The molecule has 0 spiro atoms. The third-order valence-electron chi connectivity index (χ3n) is 3.38. The summed E-state index contributed by atoms with van der Waals surface area (Å²) in [6.45, 7) is 10.1. The number of rotatable bonds is 6. The Bertz CT molecular complexity index is 527. The van der Waals surface area contributed by atoms with Gasteiger partial charge in [0.2, 0.25) is 0 Å². The maximum Gasteiger partial charge on any atom is 0.105 e. The smallest absolute Gasteiger partial charge is 0.105 e. The van der Waals surface area contributed by atoms with E-state index >= 15 is 0 Å². The van der Waals surface area contributed by atoms with Crippen LogP contribution in [0.3, 0.4) is 0 Å². The number of aromatic nitrogens is 2. The predicted octanol–water partition coefficient (Wildman–Crippen LogP) is 3.35. The third-order valence-corrected chi connectivity index (χ3v) is 3.38. The van der Waals surface area contributed by atoms with Crippen LogP contribution in [-0.2, 0) is 13.1 Å². The molecule has 0 fully saturated rings. The fourth-order valence-corrected chi connectivity index (χ4v) is 2.37. The number of hydrogen-bond donors (Lipinski definition) is 1. The molecule has 2 aromatic heterocycles. The van der Waals surface area contributed by atoms with Crippen molar-refractivity contribution in [3.05, 3.63) is 41.1 Å². The van der Waals surface area contributed by atoms with Crippen LogP contribution in [0.1, 0.15) is 49.1 Å². The number of hydrogen-bond acceptors (Lipinski definition) is 3. The highest BCUT2D eigenvalue weighted by molar-refractivity contribution is 5.23. The zero-order valence-corrected chi connectivity index (χ0v) is 12.2. The molecule has 0 saturated heterocycles. The van der Waals surface area contributed by atoms with Crippen LogP contribution in [0.15, 0.2) is 22.7 Å². The van der Waals surface area contributed by atoms with E-state index in [4.69, 9.17) is 4.42 Å². The minimum atomic E-state index is 0.280. The molecule has 0 amide bonds. The van der Waals surface area contributed by atoms with E-state index in [2.05, 4.69) is 41.1 Å². The molecule has 4 nitrogen and oxygen atoms in total. The zero-order chi connectivity index (χ0) is 13.8. The molecule has 2 rings (SSSR count). The summed E-state index contributed by atoms with van der Waals surface area (Å²) in [5, 5.41) is 7.87. The summed E-state index contributed by atoms with van der Waals surface area (Å²) in [6.07, 6.45) is 2.97. The van der Waals surface area contributed by atoms with Crippen molar-refractivity contribution in [2.75, 3.05) is 0 Å². The molecule has 19 heavy (non-hydrogen) atoms. The number of nitrogens with zero attached hydrogens (tertiary/aromatic N) is 2. The Labute approximate surface area is 114 Å². The van der Waals surface area contributed by atoms with Crippen LogP contribution in [0.5, 0.6) is 0 Å². The van der Waals surface area contributed by atoms with E-state index in [1.54, 1.807) is 0 Å². The van der Waals surface area contributed by atoms with Gasteiger partial charge in [-0.05, 0) is 39.3 Å². The van der Waals surface area contributed by atoms with E-state index < -0.39 is 0 Å². The summed E-state index contributed by atoms with van der Waals surface area (Å²) in [6, 6.07) is 4.46. The maximum atomic E-state index is 5.58. The monoisotopic (exact) mass is 261 g/mol. The van der Waals surface area contributed by atoms with Crippen LogP contribution < -0.4 is 5.32 Å². The van der Waals surface area contributed by atoms with Crippen LogP contribution >= 0.6 is 0 Å². The molecule has 0 aliphatic rings. The minimum Gasteiger partial charge on any atom is -0.466 e. The SMILES string of the molecule is CCCn1nccc1CNC(C)c1cc(C)oc1C. The van der Waals surface area contributed by atoms with Gasteiger partial charge in [-0.15, -0.1) is 0 Å². The largest absolute Gasteiger partial charge is 0.466 e. The lowest BCUT2D eigenvalue weighted by Gasteiger charge is -2.14. The number of aryl methyl sites for hydroxylation is 3. The Morgan fingerprint density at radius 2 is 2.21 bits per heavy atom. The van der Waals surface area contributed by atoms with Gasteiger partial charge in [0.05, 0.1) is 5.69 Å². The molecular weight excluding hydrogens is 238 g/mol. The van der Waals surface area contributed by atoms with E-state index in [1.165, 1.54) is 11.3 Å². The molecule has 2 aromatic rings. The normalized spacial score (nSPS) is 12.8. The van der Waals surface area contributed by atoms with Crippen LogP contribution in [0, 0.1) is 13.8 Å². The second-order valence-corrected chi connectivity index (χ2v) is 5.02. The summed E-state index contributed by atoms with van der Waals surface area (Å²) < 4.78 is 7.64. The summed E-state index contributed by atoms with van der Waals surface area (Å²) in [4.78, 5) is 0. The molecule has 0 saturated carbocycles. The maximum absolute atomic E-state index is 5.58. The van der Waals surface area contributed by atoms with Crippen molar-refractivity contribution in [3.8, 4) is 0 Å². The molecule has 0 bridgehead atoms. The Balaban J connectivity index is 1.98. The third kappa shape index (κ3) is 3.26. The average molecular weight is 261 g/mol. The Kier molecular flexibility index (Phi) is 4.43. The number of furan rings is 1. The van der Waals surface area contributed by atoms with Crippen molar-refractivity contribution in [2.24, 2.45) is 0 Å². The molecule has 1 N–H and O–H groups in total. The van der Waals surface area contributed by atoms with E-state index in [0.717, 1.165) is 31.0 Å². The molecule has 1 unspecified atom stereocenters. The van der Waals surface area contributed by atoms with Gasteiger partial charge < -0.3 is 9.73 Å². The molecule has 2 heterocycles. The molecular formula is C15H23N3O. The lowest BCUT2D eigenvalue weighted by atomic mass is 10.1. The fourth-order valence-electron chi connectivity index (χ4n) is 2.37. The van der Waals surface area contributed by atoms with Gasteiger partial charge in [0.15, 0.2) is 0 Å². The highest BCUT2D eigenvalue weighted by atomic mass is 16.3. The lowest BCUT2D eigenvalue weighted by Crippen LogP contribution is -2.20.